The summed E-state index contributed by atoms with van der Waals surface area (Å²) in [4.78, 5) is 27.3. The second kappa shape index (κ2) is 2.56. The van der Waals surface area contributed by atoms with Crippen molar-refractivity contribution in [2.45, 2.75) is 0 Å². The van der Waals surface area contributed by atoms with E-state index in [-0.39, 0.29) is 0 Å². The largest absolute Gasteiger partial charge is 0.314 e. The van der Waals surface area contributed by atoms with Gasteiger partial charge >= 0.3 is 11.1 Å². The zero-order valence-corrected chi connectivity index (χ0v) is 8.08. The fourth-order valence-corrected chi connectivity index (χ4v) is 2.35. The molecular weight excluding hydrogens is 244 g/mol. The van der Waals surface area contributed by atoms with E-state index in [0.29, 0.717) is 10.3 Å². The average molecular weight is 247 g/mol. The standard InChI is InChI=1S/C6H3BrN2O2S/c7-2-1-12-6-3(2)8-4(10)5(11)9-6/h1H,(H,8,10)(H,9,11). The van der Waals surface area contributed by atoms with Crippen LogP contribution in [0.25, 0.3) is 10.3 Å². The summed E-state index contributed by atoms with van der Waals surface area (Å²) in [6.07, 6.45) is 0. The van der Waals surface area contributed by atoms with Gasteiger partial charge in [-0.3, -0.25) is 9.59 Å². The fraction of sp³-hybridized carbons (Fsp3) is 0. The molecular formula is C6H3BrN2O2S. The molecule has 6 heteroatoms. The van der Waals surface area contributed by atoms with E-state index >= 15 is 0 Å². The molecule has 2 N–H and O–H groups in total. The van der Waals surface area contributed by atoms with Crippen LogP contribution in [-0.2, 0) is 0 Å². The summed E-state index contributed by atoms with van der Waals surface area (Å²) >= 11 is 4.61. The van der Waals surface area contributed by atoms with Crippen molar-refractivity contribution in [2.24, 2.45) is 0 Å². The molecule has 0 unspecified atom stereocenters. The van der Waals surface area contributed by atoms with Crippen LogP contribution in [0.2, 0.25) is 0 Å². The van der Waals surface area contributed by atoms with E-state index in [1.807, 2.05) is 0 Å². The SMILES string of the molecule is O=c1[nH]c2scc(Br)c2[nH]c1=O. The molecule has 2 heterocycles. The van der Waals surface area contributed by atoms with Gasteiger partial charge in [-0.1, -0.05) is 0 Å². The molecule has 0 amide bonds. The van der Waals surface area contributed by atoms with E-state index in [2.05, 4.69) is 25.9 Å². The fourth-order valence-electron chi connectivity index (χ4n) is 0.876. The Hall–Kier alpha value is -0.880. The summed E-state index contributed by atoms with van der Waals surface area (Å²) in [6, 6.07) is 0. The minimum absolute atomic E-state index is 0.614. The van der Waals surface area contributed by atoms with Crippen LogP contribution in [0.1, 0.15) is 0 Å². The lowest BCUT2D eigenvalue weighted by Crippen LogP contribution is -2.28. The van der Waals surface area contributed by atoms with E-state index in [9.17, 15) is 9.59 Å². The molecule has 62 valence electrons. The summed E-state index contributed by atoms with van der Waals surface area (Å²) in [5.41, 5.74) is -0.594. The summed E-state index contributed by atoms with van der Waals surface area (Å²) < 4.78 is 0.788. The van der Waals surface area contributed by atoms with Gasteiger partial charge in [0.2, 0.25) is 0 Å². The second-order valence-corrected chi connectivity index (χ2v) is 3.93. The number of halogens is 1. The van der Waals surface area contributed by atoms with Gasteiger partial charge < -0.3 is 9.97 Å². The van der Waals surface area contributed by atoms with Gasteiger partial charge in [0.15, 0.2) is 0 Å². The van der Waals surface area contributed by atoms with Gasteiger partial charge in [0, 0.05) is 5.38 Å². The molecule has 0 aliphatic heterocycles. The third-order valence-corrected chi connectivity index (χ3v) is 3.24. The van der Waals surface area contributed by atoms with Gasteiger partial charge in [-0.25, -0.2) is 0 Å². The molecule has 0 bridgehead atoms. The van der Waals surface area contributed by atoms with Crippen LogP contribution in [0.4, 0.5) is 0 Å². The van der Waals surface area contributed by atoms with E-state index < -0.39 is 11.1 Å². The Balaban J connectivity index is 3.07. The minimum Gasteiger partial charge on any atom is -0.314 e. The quantitative estimate of drug-likeness (QED) is 0.683. The first-order valence-electron chi connectivity index (χ1n) is 3.08. The number of fused-ring (bicyclic) bond motifs is 1. The topological polar surface area (TPSA) is 65.7 Å². The van der Waals surface area contributed by atoms with E-state index in [1.165, 1.54) is 11.3 Å². The molecule has 0 aliphatic carbocycles. The first-order valence-corrected chi connectivity index (χ1v) is 4.75. The molecule has 0 atom stereocenters. The molecule has 0 aromatic carbocycles. The summed E-state index contributed by atoms with van der Waals surface area (Å²) in [5.74, 6) is 0. The molecule has 0 radical (unpaired) electrons. The lowest BCUT2D eigenvalue weighted by atomic mass is 10.5. The highest BCUT2D eigenvalue weighted by atomic mass is 79.9. The number of aromatic amines is 2. The van der Waals surface area contributed by atoms with Crippen LogP contribution in [0.5, 0.6) is 0 Å². The Labute approximate surface area is 78.4 Å². The molecule has 0 saturated heterocycles. The van der Waals surface area contributed by atoms with E-state index in [1.54, 1.807) is 5.38 Å². The van der Waals surface area contributed by atoms with Crippen molar-refractivity contribution in [3.63, 3.8) is 0 Å². The normalized spacial score (nSPS) is 10.8. The Morgan fingerprint density at radius 1 is 1.25 bits per heavy atom. The molecule has 0 fully saturated rings. The first kappa shape index (κ1) is 7.75. The number of thiophene rings is 1. The van der Waals surface area contributed by atoms with Crippen molar-refractivity contribution in [2.75, 3.05) is 0 Å². The number of rotatable bonds is 0. The van der Waals surface area contributed by atoms with Crippen LogP contribution >= 0.6 is 27.3 Å². The van der Waals surface area contributed by atoms with Crippen molar-refractivity contribution in [1.29, 1.82) is 0 Å². The molecule has 12 heavy (non-hydrogen) atoms. The molecule has 2 rings (SSSR count). The minimum atomic E-state index is -0.624. The van der Waals surface area contributed by atoms with Crippen LogP contribution in [0, 0.1) is 0 Å². The van der Waals surface area contributed by atoms with Crippen LogP contribution in [0.3, 0.4) is 0 Å². The lowest BCUT2D eigenvalue weighted by molar-refractivity contribution is 1.16. The first-order chi connectivity index (χ1) is 5.68. The molecule has 0 spiro atoms. The smallest absolute Gasteiger partial charge is 0.314 e. The van der Waals surface area contributed by atoms with Gasteiger partial charge in [0.1, 0.15) is 4.83 Å². The van der Waals surface area contributed by atoms with Gasteiger partial charge in [0.05, 0.1) is 9.99 Å². The highest BCUT2D eigenvalue weighted by molar-refractivity contribution is 9.10. The maximum absolute atomic E-state index is 10.9. The molecule has 0 saturated carbocycles. The van der Waals surface area contributed by atoms with Crippen molar-refractivity contribution in [1.82, 2.24) is 9.97 Å². The monoisotopic (exact) mass is 246 g/mol. The predicted molar refractivity (Wildman–Crippen MR) is 50.8 cm³/mol. The summed E-state index contributed by atoms with van der Waals surface area (Å²) in [7, 11) is 0. The Bertz CT molecular complexity index is 538. The number of nitrogens with one attached hydrogen (secondary N) is 2. The van der Waals surface area contributed by atoms with Crippen molar-refractivity contribution < 1.29 is 0 Å². The van der Waals surface area contributed by atoms with Crippen LogP contribution in [0.15, 0.2) is 19.4 Å². The molecule has 0 aliphatic rings. The Morgan fingerprint density at radius 3 is 2.67 bits per heavy atom. The van der Waals surface area contributed by atoms with Gasteiger partial charge in [-0.2, -0.15) is 0 Å². The number of hydrogen-bond donors (Lipinski definition) is 2. The molecule has 2 aromatic heterocycles. The van der Waals surface area contributed by atoms with Crippen molar-refractivity contribution in [3.8, 4) is 0 Å². The predicted octanol–water partition coefficient (Wildman–Crippen LogP) is 1.04. The van der Waals surface area contributed by atoms with Gasteiger partial charge in [-0.05, 0) is 15.9 Å². The zero-order valence-electron chi connectivity index (χ0n) is 5.68. The van der Waals surface area contributed by atoms with E-state index in [4.69, 9.17) is 0 Å². The molecule has 2 aromatic rings. The third-order valence-electron chi connectivity index (χ3n) is 1.42. The number of aromatic nitrogens is 2. The summed E-state index contributed by atoms with van der Waals surface area (Å²) in [6.45, 7) is 0. The number of hydrogen-bond acceptors (Lipinski definition) is 3. The molecule has 4 nitrogen and oxygen atoms in total. The highest BCUT2D eigenvalue weighted by Crippen LogP contribution is 2.24. The van der Waals surface area contributed by atoms with Crippen LogP contribution in [-0.4, -0.2) is 9.97 Å². The lowest BCUT2D eigenvalue weighted by Gasteiger charge is -1.87. The summed E-state index contributed by atoms with van der Waals surface area (Å²) in [5, 5.41) is 1.80. The van der Waals surface area contributed by atoms with Crippen molar-refractivity contribution >= 4 is 37.6 Å². The highest BCUT2D eigenvalue weighted by Gasteiger charge is 2.03. The zero-order chi connectivity index (χ0) is 8.72. The maximum atomic E-state index is 10.9. The third kappa shape index (κ3) is 1.03. The van der Waals surface area contributed by atoms with E-state index in [0.717, 1.165) is 4.47 Å². The van der Waals surface area contributed by atoms with Gasteiger partial charge in [-0.15, -0.1) is 11.3 Å². The van der Waals surface area contributed by atoms with Gasteiger partial charge in [0.25, 0.3) is 0 Å². The van der Waals surface area contributed by atoms with Crippen LogP contribution < -0.4 is 11.1 Å². The number of H-pyrrole nitrogens is 2. The maximum Gasteiger partial charge on any atom is 0.314 e. The Kier molecular flexibility index (Phi) is 1.66. The average Bonchev–Trinajstić information content (AvgIpc) is 2.35. The second-order valence-electron chi connectivity index (χ2n) is 2.20. The van der Waals surface area contributed by atoms with Crippen molar-refractivity contribution in [3.05, 3.63) is 30.6 Å². The Morgan fingerprint density at radius 2 is 1.92 bits per heavy atom.